The van der Waals surface area contributed by atoms with Gasteiger partial charge in [-0.2, -0.15) is 0 Å². The third kappa shape index (κ3) is 2.10. The Morgan fingerprint density at radius 2 is 2.11 bits per heavy atom. The van der Waals surface area contributed by atoms with Gasteiger partial charge in [0, 0.05) is 18.1 Å². The van der Waals surface area contributed by atoms with Crippen LogP contribution in [0.4, 0.5) is 5.69 Å². The zero-order valence-corrected chi connectivity index (χ0v) is 10.5. The van der Waals surface area contributed by atoms with E-state index in [9.17, 15) is 0 Å². The Morgan fingerprint density at radius 3 is 3.00 bits per heavy atom. The normalized spacial score (nSPS) is 18.3. The van der Waals surface area contributed by atoms with Gasteiger partial charge in [0.15, 0.2) is 0 Å². The summed E-state index contributed by atoms with van der Waals surface area (Å²) < 4.78 is 0. The first-order valence-electron chi connectivity index (χ1n) is 6.61. The van der Waals surface area contributed by atoms with Crippen molar-refractivity contribution in [2.45, 2.75) is 31.6 Å². The minimum Gasteiger partial charge on any atom is -0.398 e. The first kappa shape index (κ1) is 11.3. The molecule has 0 spiro atoms. The third-order valence-corrected chi connectivity index (χ3v) is 3.90. The molecule has 0 bridgehead atoms. The van der Waals surface area contributed by atoms with Crippen LogP contribution < -0.4 is 5.73 Å². The molecule has 1 atom stereocenters. The molecule has 1 aliphatic rings. The fourth-order valence-corrected chi connectivity index (χ4v) is 2.94. The fraction of sp³-hybridized carbons (Fsp3) is 0.312. The van der Waals surface area contributed by atoms with E-state index in [4.69, 9.17) is 5.73 Å². The van der Waals surface area contributed by atoms with Crippen molar-refractivity contribution in [3.8, 4) is 0 Å². The number of aromatic nitrogens is 1. The van der Waals surface area contributed by atoms with Gasteiger partial charge < -0.3 is 5.73 Å². The van der Waals surface area contributed by atoms with Crippen LogP contribution in [0.1, 0.15) is 35.4 Å². The number of nitrogens with zero attached hydrogens (tertiary/aromatic N) is 1. The number of benzene rings is 1. The maximum Gasteiger partial charge on any atom is 0.0377 e. The predicted octanol–water partition coefficient (Wildman–Crippen LogP) is 3.33. The van der Waals surface area contributed by atoms with Crippen molar-refractivity contribution in [3.63, 3.8) is 0 Å². The van der Waals surface area contributed by atoms with Crippen LogP contribution in [0.25, 0.3) is 0 Å². The lowest BCUT2D eigenvalue weighted by Crippen LogP contribution is -2.12. The lowest BCUT2D eigenvalue weighted by Gasteiger charge is -2.25. The van der Waals surface area contributed by atoms with Gasteiger partial charge in [-0.15, -0.1) is 0 Å². The monoisotopic (exact) mass is 238 g/mol. The standard InChI is InChI=1S/C16H18N2/c17-16-8-9-18-11-14(16)10-13-6-3-5-12-4-1-2-7-15(12)13/h1-2,4,7-9,11,13H,3,5-6,10H2,(H2,17,18). The molecular formula is C16H18N2. The summed E-state index contributed by atoms with van der Waals surface area (Å²) in [6.07, 6.45) is 8.43. The number of rotatable bonds is 2. The molecule has 3 rings (SSSR count). The maximum atomic E-state index is 6.02. The fourth-order valence-electron chi connectivity index (χ4n) is 2.94. The van der Waals surface area contributed by atoms with Crippen LogP contribution in [0.2, 0.25) is 0 Å². The molecule has 0 radical (unpaired) electrons. The molecule has 1 aromatic carbocycles. The first-order chi connectivity index (χ1) is 8.84. The highest BCUT2D eigenvalue weighted by Gasteiger charge is 2.20. The lowest BCUT2D eigenvalue weighted by molar-refractivity contribution is 0.550. The average molecular weight is 238 g/mol. The van der Waals surface area contributed by atoms with E-state index < -0.39 is 0 Å². The highest BCUT2D eigenvalue weighted by atomic mass is 14.7. The topological polar surface area (TPSA) is 38.9 Å². The number of aryl methyl sites for hydroxylation is 1. The first-order valence-corrected chi connectivity index (χ1v) is 6.61. The Bertz CT molecular complexity index is 548. The van der Waals surface area contributed by atoms with Crippen LogP contribution in [-0.2, 0) is 12.8 Å². The van der Waals surface area contributed by atoms with Crippen molar-refractivity contribution < 1.29 is 0 Å². The maximum absolute atomic E-state index is 6.02. The zero-order valence-electron chi connectivity index (χ0n) is 10.5. The number of nitrogen functional groups attached to an aromatic ring is 1. The molecule has 2 heteroatoms. The second-order valence-corrected chi connectivity index (χ2v) is 5.07. The van der Waals surface area contributed by atoms with E-state index in [1.54, 1.807) is 6.20 Å². The van der Waals surface area contributed by atoms with Crippen molar-refractivity contribution in [3.05, 3.63) is 59.4 Å². The molecular weight excluding hydrogens is 220 g/mol. The molecule has 92 valence electrons. The minimum absolute atomic E-state index is 0.599. The van der Waals surface area contributed by atoms with Crippen molar-refractivity contribution in [1.82, 2.24) is 4.98 Å². The van der Waals surface area contributed by atoms with Gasteiger partial charge in [-0.25, -0.2) is 0 Å². The number of hydrogen-bond acceptors (Lipinski definition) is 2. The van der Waals surface area contributed by atoms with Crippen molar-refractivity contribution in [1.29, 1.82) is 0 Å². The minimum atomic E-state index is 0.599. The third-order valence-electron chi connectivity index (χ3n) is 3.90. The number of anilines is 1. The van der Waals surface area contributed by atoms with Gasteiger partial charge in [0.25, 0.3) is 0 Å². The average Bonchev–Trinajstić information content (AvgIpc) is 2.42. The van der Waals surface area contributed by atoms with E-state index in [0.717, 1.165) is 12.1 Å². The van der Waals surface area contributed by atoms with Gasteiger partial charge in [-0.05, 0) is 54.4 Å². The van der Waals surface area contributed by atoms with E-state index in [1.807, 2.05) is 12.3 Å². The smallest absolute Gasteiger partial charge is 0.0377 e. The molecule has 1 aromatic heterocycles. The molecule has 0 aliphatic heterocycles. The Morgan fingerprint density at radius 1 is 1.22 bits per heavy atom. The van der Waals surface area contributed by atoms with Crippen molar-refractivity contribution in [2.24, 2.45) is 0 Å². The molecule has 0 saturated carbocycles. The van der Waals surface area contributed by atoms with Gasteiger partial charge in [0.1, 0.15) is 0 Å². The summed E-state index contributed by atoms with van der Waals surface area (Å²) in [5.41, 5.74) is 11.1. The number of fused-ring (bicyclic) bond motifs is 1. The highest BCUT2D eigenvalue weighted by Crippen LogP contribution is 2.34. The quantitative estimate of drug-likeness (QED) is 0.871. The molecule has 0 fully saturated rings. The molecule has 1 aliphatic carbocycles. The van der Waals surface area contributed by atoms with Crippen molar-refractivity contribution in [2.75, 3.05) is 5.73 Å². The Labute approximate surface area is 108 Å². The van der Waals surface area contributed by atoms with Crippen LogP contribution in [-0.4, -0.2) is 4.98 Å². The summed E-state index contributed by atoms with van der Waals surface area (Å²) in [5, 5.41) is 0. The van der Waals surface area contributed by atoms with Gasteiger partial charge >= 0.3 is 0 Å². The summed E-state index contributed by atoms with van der Waals surface area (Å²) in [7, 11) is 0. The largest absolute Gasteiger partial charge is 0.398 e. The van der Waals surface area contributed by atoms with Crippen LogP contribution in [0.3, 0.4) is 0 Å². The molecule has 2 nitrogen and oxygen atoms in total. The number of hydrogen-bond donors (Lipinski definition) is 1. The van der Waals surface area contributed by atoms with Gasteiger partial charge in [0.2, 0.25) is 0 Å². The van der Waals surface area contributed by atoms with E-state index in [2.05, 4.69) is 29.2 Å². The van der Waals surface area contributed by atoms with E-state index in [-0.39, 0.29) is 0 Å². The molecule has 0 amide bonds. The van der Waals surface area contributed by atoms with Gasteiger partial charge in [0.05, 0.1) is 0 Å². The second kappa shape index (κ2) is 4.81. The molecule has 1 heterocycles. The summed E-state index contributed by atoms with van der Waals surface area (Å²) in [4.78, 5) is 4.19. The van der Waals surface area contributed by atoms with Crippen LogP contribution >= 0.6 is 0 Å². The SMILES string of the molecule is Nc1ccncc1CC1CCCc2ccccc21. The van der Waals surface area contributed by atoms with Crippen LogP contribution in [0, 0.1) is 0 Å². The molecule has 2 aromatic rings. The Balaban J connectivity index is 1.89. The molecule has 0 saturated heterocycles. The zero-order chi connectivity index (χ0) is 12.4. The second-order valence-electron chi connectivity index (χ2n) is 5.07. The Kier molecular flexibility index (Phi) is 3.01. The van der Waals surface area contributed by atoms with E-state index in [0.29, 0.717) is 5.92 Å². The Hall–Kier alpha value is -1.83. The van der Waals surface area contributed by atoms with Crippen molar-refractivity contribution >= 4 is 5.69 Å². The summed E-state index contributed by atoms with van der Waals surface area (Å²) in [5.74, 6) is 0.599. The highest BCUT2D eigenvalue weighted by molar-refractivity contribution is 5.46. The summed E-state index contributed by atoms with van der Waals surface area (Å²) in [6, 6.07) is 10.7. The molecule has 1 unspecified atom stereocenters. The number of pyridine rings is 1. The van der Waals surface area contributed by atoms with Crippen LogP contribution in [0.15, 0.2) is 42.7 Å². The lowest BCUT2D eigenvalue weighted by atomic mass is 9.80. The molecule has 2 N–H and O–H groups in total. The van der Waals surface area contributed by atoms with E-state index in [1.165, 1.54) is 36.0 Å². The number of nitrogens with two attached hydrogens (primary N) is 1. The summed E-state index contributed by atoms with van der Waals surface area (Å²) in [6.45, 7) is 0. The van der Waals surface area contributed by atoms with E-state index >= 15 is 0 Å². The van der Waals surface area contributed by atoms with Gasteiger partial charge in [-0.3, -0.25) is 4.98 Å². The van der Waals surface area contributed by atoms with Crippen LogP contribution in [0.5, 0.6) is 0 Å². The summed E-state index contributed by atoms with van der Waals surface area (Å²) >= 11 is 0. The van der Waals surface area contributed by atoms with Gasteiger partial charge in [-0.1, -0.05) is 24.3 Å². The molecule has 18 heavy (non-hydrogen) atoms. The predicted molar refractivity (Wildman–Crippen MR) is 74.5 cm³/mol.